The van der Waals surface area contributed by atoms with Crippen molar-refractivity contribution in [3.8, 4) is 5.75 Å². The minimum atomic E-state index is -3.67. The van der Waals surface area contributed by atoms with Crippen molar-refractivity contribution in [1.29, 1.82) is 0 Å². The third kappa shape index (κ3) is 2.22. The fraction of sp³-hybridized carbons (Fsp3) is 0.100. The molecule has 0 fully saturated rings. The first kappa shape index (κ1) is 10.7. The Balaban J connectivity index is 2.73. The molecule has 0 N–H and O–H groups in total. The SMILES string of the molecule is CS(=O)(=O)Oc1cc(=O)oc2ccccc12. The lowest BCUT2D eigenvalue weighted by atomic mass is 10.2. The van der Waals surface area contributed by atoms with Crippen molar-refractivity contribution < 1.29 is 17.0 Å². The zero-order valence-corrected chi connectivity index (χ0v) is 9.15. The summed E-state index contributed by atoms with van der Waals surface area (Å²) >= 11 is 0. The number of hydrogen-bond donors (Lipinski definition) is 0. The molecule has 0 aliphatic heterocycles. The van der Waals surface area contributed by atoms with Gasteiger partial charge in [-0.15, -0.1) is 0 Å². The van der Waals surface area contributed by atoms with Gasteiger partial charge in [-0.25, -0.2) is 4.79 Å². The van der Waals surface area contributed by atoms with Crippen molar-refractivity contribution in [2.45, 2.75) is 0 Å². The number of rotatable bonds is 2. The molecule has 6 heteroatoms. The predicted octanol–water partition coefficient (Wildman–Crippen LogP) is 1.13. The fourth-order valence-corrected chi connectivity index (χ4v) is 1.78. The first-order valence-corrected chi connectivity index (χ1v) is 6.20. The lowest BCUT2D eigenvalue weighted by molar-refractivity contribution is 0.488. The standard InChI is InChI=1S/C10H8O5S/c1-16(12,13)15-9-6-10(11)14-8-5-3-2-4-7(8)9/h2-6H,1H3. The number of hydrogen-bond acceptors (Lipinski definition) is 5. The van der Waals surface area contributed by atoms with E-state index in [0.29, 0.717) is 5.39 Å². The Kier molecular flexibility index (Phi) is 2.43. The van der Waals surface area contributed by atoms with Crippen LogP contribution in [0.4, 0.5) is 0 Å². The number of fused-ring (bicyclic) bond motifs is 1. The highest BCUT2D eigenvalue weighted by molar-refractivity contribution is 7.86. The highest BCUT2D eigenvalue weighted by Gasteiger charge is 2.10. The van der Waals surface area contributed by atoms with Crippen LogP contribution < -0.4 is 9.81 Å². The van der Waals surface area contributed by atoms with Gasteiger partial charge in [0.1, 0.15) is 5.58 Å². The van der Waals surface area contributed by atoms with Gasteiger partial charge in [0, 0.05) is 0 Å². The fourth-order valence-electron chi connectivity index (χ4n) is 1.31. The van der Waals surface area contributed by atoms with Crippen LogP contribution in [0, 0.1) is 0 Å². The van der Waals surface area contributed by atoms with E-state index < -0.39 is 15.7 Å². The van der Waals surface area contributed by atoms with Crippen molar-refractivity contribution in [3.05, 3.63) is 40.8 Å². The van der Waals surface area contributed by atoms with Crippen LogP contribution in [0.15, 0.2) is 39.5 Å². The van der Waals surface area contributed by atoms with E-state index in [9.17, 15) is 13.2 Å². The van der Waals surface area contributed by atoms with Gasteiger partial charge in [-0.2, -0.15) is 8.42 Å². The lowest BCUT2D eigenvalue weighted by Crippen LogP contribution is -2.08. The van der Waals surface area contributed by atoms with Crippen LogP contribution in [0.25, 0.3) is 11.0 Å². The Morgan fingerprint density at radius 2 is 1.94 bits per heavy atom. The second-order valence-corrected chi connectivity index (χ2v) is 4.79. The van der Waals surface area contributed by atoms with Crippen molar-refractivity contribution in [1.82, 2.24) is 0 Å². The van der Waals surface area contributed by atoms with Gasteiger partial charge in [-0.3, -0.25) is 0 Å². The molecule has 0 bridgehead atoms. The van der Waals surface area contributed by atoms with E-state index in [2.05, 4.69) is 0 Å². The van der Waals surface area contributed by atoms with Crippen LogP contribution in [0.5, 0.6) is 5.75 Å². The maximum atomic E-state index is 11.1. The second-order valence-electron chi connectivity index (χ2n) is 3.21. The lowest BCUT2D eigenvalue weighted by Gasteiger charge is -2.04. The van der Waals surface area contributed by atoms with Crippen LogP contribution in [0.2, 0.25) is 0 Å². The molecule has 84 valence electrons. The van der Waals surface area contributed by atoms with E-state index in [1.54, 1.807) is 24.3 Å². The van der Waals surface area contributed by atoms with Crippen LogP contribution in [-0.2, 0) is 10.1 Å². The minimum Gasteiger partial charge on any atom is -0.422 e. The van der Waals surface area contributed by atoms with Crippen molar-refractivity contribution in [2.75, 3.05) is 6.26 Å². The van der Waals surface area contributed by atoms with Gasteiger partial charge in [0.2, 0.25) is 0 Å². The molecule has 1 aromatic carbocycles. The molecule has 0 spiro atoms. The summed E-state index contributed by atoms with van der Waals surface area (Å²) in [7, 11) is -3.67. The minimum absolute atomic E-state index is 0.0191. The highest BCUT2D eigenvalue weighted by atomic mass is 32.2. The molecule has 1 heterocycles. The Morgan fingerprint density at radius 3 is 2.62 bits per heavy atom. The van der Waals surface area contributed by atoms with E-state index in [-0.39, 0.29) is 11.3 Å². The first-order valence-electron chi connectivity index (χ1n) is 4.38. The van der Waals surface area contributed by atoms with Crippen molar-refractivity contribution in [3.63, 3.8) is 0 Å². The first-order chi connectivity index (χ1) is 7.46. The molecule has 0 aliphatic carbocycles. The average molecular weight is 240 g/mol. The summed E-state index contributed by atoms with van der Waals surface area (Å²) in [5, 5.41) is 0.438. The normalized spacial score (nSPS) is 11.6. The molecule has 0 atom stereocenters. The molecule has 0 amide bonds. The Bertz CT molecular complexity index is 684. The summed E-state index contributed by atoms with van der Waals surface area (Å²) in [6.45, 7) is 0. The van der Waals surface area contributed by atoms with Crippen LogP contribution in [-0.4, -0.2) is 14.7 Å². The molecule has 0 saturated carbocycles. The number of para-hydroxylation sites is 1. The molecule has 2 rings (SSSR count). The molecule has 5 nitrogen and oxygen atoms in total. The van der Waals surface area contributed by atoms with E-state index in [0.717, 1.165) is 12.3 Å². The Morgan fingerprint density at radius 1 is 1.25 bits per heavy atom. The summed E-state index contributed by atoms with van der Waals surface area (Å²) in [5.74, 6) is -0.0191. The maximum Gasteiger partial charge on any atom is 0.340 e. The van der Waals surface area contributed by atoms with E-state index in [1.807, 2.05) is 0 Å². The van der Waals surface area contributed by atoms with Gasteiger partial charge in [0.15, 0.2) is 5.75 Å². The molecule has 0 aliphatic rings. The third-order valence-electron chi connectivity index (χ3n) is 1.85. The quantitative estimate of drug-likeness (QED) is 0.581. The maximum absolute atomic E-state index is 11.1. The monoisotopic (exact) mass is 240 g/mol. The molecule has 2 aromatic rings. The topological polar surface area (TPSA) is 73.6 Å². The van der Waals surface area contributed by atoms with E-state index in [1.165, 1.54) is 0 Å². The average Bonchev–Trinajstić information content (AvgIpc) is 2.14. The van der Waals surface area contributed by atoms with Crippen LogP contribution in [0.1, 0.15) is 0 Å². The van der Waals surface area contributed by atoms with E-state index in [4.69, 9.17) is 8.60 Å². The summed E-state index contributed by atoms with van der Waals surface area (Å²) < 4.78 is 31.6. The molecule has 0 saturated heterocycles. The zero-order valence-electron chi connectivity index (χ0n) is 8.34. The van der Waals surface area contributed by atoms with Gasteiger partial charge in [-0.1, -0.05) is 12.1 Å². The van der Waals surface area contributed by atoms with E-state index >= 15 is 0 Å². The molecule has 0 radical (unpaired) electrons. The Hall–Kier alpha value is -1.82. The smallest absolute Gasteiger partial charge is 0.340 e. The molecular weight excluding hydrogens is 232 g/mol. The molecule has 16 heavy (non-hydrogen) atoms. The summed E-state index contributed by atoms with van der Waals surface area (Å²) in [5.41, 5.74) is -0.369. The largest absolute Gasteiger partial charge is 0.422 e. The van der Waals surface area contributed by atoms with Gasteiger partial charge in [0.05, 0.1) is 17.7 Å². The zero-order chi connectivity index (χ0) is 11.8. The second kappa shape index (κ2) is 3.64. The Labute approximate surface area is 91.4 Å². The van der Waals surface area contributed by atoms with Gasteiger partial charge in [0.25, 0.3) is 0 Å². The molecule has 1 aromatic heterocycles. The van der Waals surface area contributed by atoms with Gasteiger partial charge >= 0.3 is 15.7 Å². The summed E-state index contributed by atoms with van der Waals surface area (Å²) in [6, 6.07) is 7.54. The highest BCUT2D eigenvalue weighted by Crippen LogP contribution is 2.24. The van der Waals surface area contributed by atoms with Gasteiger partial charge in [-0.05, 0) is 12.1 Å². The van der Waals surface area contributed by atoms with Crippen LogP contribution >= 0.6 is 0 Å². The van der Waals surface area contributed by atoms with Gasteiger partial charge < -0.3 is 8.60 Å². The summed E-state index contributed by atoms with van der Waals surface area (Å²) in [6.07, 6.45) is 0.913. The third-order valence-corrected chi connectivity index (χ3v) is 2.34. The van der Waals surface area contributed by atoms with Crippen molar-refractivity contribution >= 4 is 21.1 Å². The predicted molar refractivity (Wildman–Crippen MR) is 58.0 cm³/mol. The summed E-state index contributed by atoms with van der Waals surface area (Å²) in [4.78, 5) is 11.1. The number of benzene rings is 1. The molecular formula is C10H8O5S. The van der Waals surface area contributed by atoms with Crippen LogP contribution in [0.3, 0.4) is 0 Å². The van der Waals surface area contributed by atoms with Crippen molar-refractivity contribution in [2.24, 2.45) is 0 Å². The molecule has 0 unspecified atom stereocenters.